The molecule has 0 fully saturated rings. The van der Waals surface area contributed by atoms with Gasteiger partial charge in [-0.2, -0.15) is 0 Å². The fourth-order valence-electron chi connectivity index (χ4n) is 2.46. The molecule has 0 aromatic heterocycles. The van der Waals surface area contributed by atoms with Crippen LogP contribution in [0.1, 0.15) is 29.3 Å². The molecule has 0 bridgehead atoms. The van der Waals surface area contributed by atoms with Gasteiger partial charge >= 0.3 is 0 Å². The Hall–Kier alpha value is -2.44. The lowest BCUT2D eigenvalue weighted by molar-refractivity contribution is 0.1000. The Morgan fingerprint density at radius 3 is 2.58 bits per heavy atom. The normalized spacial score (nSPS) is 13.2. The van der Waals surface area contributed by atoms with E-state index < -0.39 is 17.8 Å². The molecule has 5 nitrogen and oxygen atoms in total. The summed E-state index contributed by atoms with van der Waals surface area (Å²) in [7, 11) is 0. The zero-order valence-electron chi connectivity index (χ0n) is 14.8. The summed E-state index contributed by atoms with van der Waals surface area (Å²) in [5.41, 5.74) is 6.84. The first kappa shape index (κ1) is 19.9. The standard InChI is InChI=1S/C20H25FN2O3/c1-14(6-7-15-8-10-16(11-9-15)20(22)25)23-12-17(24)13-26-19-5-3-2-4-18(19)21/h2-5,8-11,14,17,23-24H,6-7,12-13H2,1H3,(H2,22,25)/t14-,17+/m1/s1. The van der Waals surface area contributed by atoms with E-state index >= 15 is 0 Å². The smallest absolute Gasteiger partial charge is 0.248 e. The lowest BCUT2D eigenvalue weighted by Crippen LogP contribution is -2.36. The molecule has 0 aliphatic rings. The number of rotatable bonds is 10. The summed E-state index contributed by atoms with van der Waals surface area (Å²) in [5, 5.41) is 13.2. The number of benzene rings is 2. The van der Waals surface area contributed by atoms with Crippen molar-refractivity contribution in [3.63, 3.8) is 0 Å². The number of carbonyl (C=O) groups excluding carboxylic acids is 1. The highest BCUT2D eigenvalue weighted by molar-refractivity contribution is 5.92. The van der Waals surface area contributed by atoms with Gasteiger partial charge in [0.1, 0.15) is 12.7 Å². The van der Waals surface area contributed by atoms with Gasteiger partial charge in [-0.3, -0.25) is 4.79 Å². The van der Waals surface area contributed by atoms with Crippen LogP contribution in [0.15, 0.2) is 48.5 Å². The van der Waals surface area contributed by atoms with Gasteiger partial charge in [-0.15, -0.1) is 0 Å². The Bertz CT molecular complexity index is 706. The lowest BCUT2D eigenvalue weighted by Gasteiger charge is -2.18. The molecule has 0 saturated heterocycles. The molecule has 0 heterocycles. The molecule has 0 aliphatic carbocycles. The molecular formula is C20H25FN2O3. The predicted molar refractivity (Wildman–Crippen MR) is 98.6 cm³/mol. The minimum absolute atomic E-state index is 0.0230. The van der Waals surface area contributed by atoms with Crippen LogP contribution in [0.2, 0.25) is 0 Å². The molecule has 140 valence electrons. The maximum Gasteiger partial charge on any atom is 0.248 e. The molecule has 2 aromatic rings. The Kier molecular flexibility index (Phi) is 7.56. The average Bonchev–Trinajstić information content (AvgIpc) is 2.64. The highest BCUT2D eigenvalue weighted by Gasteiger charge is 2.10. The highest BCUT2D eigenvalue weighted by atomic mass is 19.1. The molecule has 4 N–H and O–H groups in total. The van der Waals surface area contributed by atoms with Crippen LogP contribution in [0, 0.1) is 5.82 Å². The number of carbonyl (C=O) groups is 1. The molecule has 26 heavy (non-hydrogen) atoms. The van der Waals surface area contributed by atoms with Crippen LogP contribution in [0.25, 0.3) is 0 Å². The number of para-hydroxylation sites is 1. The van der Waals surface area contributed by atoms with Gasteiger partial charge in [0.2, 0.25) is 5.91 Å². The van der Waals surface area contributed by atoms with Crippen molar-refractivity contribution in [3.8, 4) is 5.75 Å². The van der Waals surface area contributed by atoms with Crippen molar-refractivity contribution in [2.24, 2.45) is 5.73 Å². The van der Waals surface area contributed by atoms with Crippen LogP contribution in [0.3, 0.4) is 0 Å². The Morgan fingerprint density at radius 1 is 1.23 bits per heavy atom. The topological polar surface area (TPSA) is 84.6 Å². The fourth-order valence-corrected chi connectivity index (χ4v) is 2.46. The first-order valence-corrected chi connectivity index (χ1v) is 8.63. The zero-order valence-corrected chi connectivity index (χ0v) is 14.8. The molecule has 0 saturated carbocycles. The number of nitrogens with one attached hydrogen (secondary N) is 1. The molecule has 6 heteroatoms. The maximum atomic E-state index is 13.4. The van der Waals surface area contributed by atoms with E-state index in [9.17, 15) is 14.3 Å². The largest absolute Gasteiger partial charge is 0.488 e. The van der Waals surface area contributed by atoms with E-state index in [0.717, 1.165) is 18.4 Å². The second-order valence-corrected chi connectivity index (χ2v) is 6.30. The van der Waals surface area contributed by atoms with Gasteiger partial charge in [0, 0.05) is 18.2 Å². The lowest BCUT2D eigenvalue weighted by atomic mass is 10.0. The van der Waals surface area contributed by atoms with E-state index in [0.29, 0.717) is 12.1 Å². The van der Waals surface area contributed by atoms with Crippen molar-refractivity contribution >= 4 is 5.91 Å². The third-order valence-electron chi connectivity index (χ3n) is 4.07. The quantitative estimate of drug-likeness (QED) is 0.607. The molecule has 0 spiro atoms. The summed E-state index contributed by atoms with van der Waals surface area (Å²) in [6, 6.07) is 13.5. The van der Waals surface area contributed by atoms with E-state index in [4.69, 9.17) is 10.5 Å². The van der Waals surface area contributed by atoms with Gasteiger partial charge in [0.05, 0.1) is 0 Å². The maximum absolute atomic E-state index is 13.4. The van der Waals surface area contributed by atoms with Crippen molar-refractivity contribution < 1.29 is 19.0 Å². The van der Waals surface area contributed by atoms with E-state index in [1.54, 1.807) is 24.3 Å². The third-order valence-corrected chi connectivity index (χ3v) is 4.07. The van der Waals surface area contributed by atoms with Gasteiger partial charge in [0.15, 0.2) is 11.6 Å². The number of ether oxygens (including phenoxy) is 1. The van der Waals surface area contributed by atoms with Gasteiger partial charge in [0.25, 0.3) is 0 Å². The van der Waals surface area contributed by atoms with Gasteiger partial charge in [-0.25, -0.2) is 4.39 Å². The van der Waals surface area contributed by atoms with Gasteiger partial charge < -0.3 is 20.9 Å². The molecule has 1 amide bonds. The number of hydrogen-bond donors (Lipinski definition) is 3. The van der Waals surface area contributed by atoms with Crippen LogP contribution in [0.4, 0.5) is 4.39 Å². The number of aliphatic hydroxyl groups is 1. The summed E-state index contributed by atoms with van der Waals surface area (Å²) in [5.74, 6) is -0.736. The molecule has 2 atom stereocenters. The first-order chi connectivity index (χ1) is 12.5. The molecule has 0 unspecified atom stereocenters. The summed E-state index contributed by atoms with van der Waals surface area (Å²) >= 11 is 0. The number of aryl methyl sites for hydroxylation is 1. The fraction of sp³-hybridized carbons (Fsp3) is 0.350. The molecule has 0 aliphatic heterocycles. The van der Waals surface area contributed by atoms with E-state index in [1.807, 2.05) is 19.1 Å². The monoisotopic (exact) mass is 360 g/mol. The van der Waals surface area contributed by atoms with E-state index in [1.165, 1.54) is 12.1 Å². The minimum Gasteiger partial charge on any atom is -0.488 e. The summed E-state index contributed by atoms with van der Waals surface area (Å²) < 4.78 is 18.7. The van der Waals surface area contributed by atoms with Crippen molar-refractivity contribution in [2.45, 2.75) is 31.9 Å². The number of nitrogens with two attached hydrogens (primary N) is 1. The Morgan fingerprint density at radius 2 is 1.92 bits per heavy atom. The predicted octanol–water partition coefficient (Wildman–Crippen LogP) is 2.28. The number of hydrogen-bond acceptors (Lipinski definition) is 4. The molecule has 2 rings (SSSR count). The third kappa shape index (κ3) is 6.46. The number of primary amides is 1. The van der Waals surface area contributed by atoms with Crippen molar-refractivity contribution in [3.05, 3.63) is 65.5 Å². The molecule has 0 radical (unpaired) electrons. The highest BCUT2D eigenvalue weighted by Crippen LogP contribution is 2.15. The summed E-state index contributed by atoms with van der Waals surface area (Å²) in [4.78, 5) is 11.0. The molecular weight excluding hydrogens is 335 g/mol. The summed E-state index contributed by atoms with van der Waals surface area (Å²) in [6.45, 7) is 2.41. The van der Waals surface area contributed by atoms with Crippen LogP contribution >= 0.6 is 0 Å². The second-order valence-electron chi connectivity index (χ2n) is 6.30. The van der Waals surface area contributed by atoms with Crippen LogP contribution in [-0.2, 0) is 6.42 Å². The number of halogens is 1. The first-order valence-electron chi connectivity index (χ1n) is 8.63. The SMILES string of the molecule is C[C@H](CCc1ccc(C(N)=O)cc1)NC[C@H](O)COc1ccccc1F. The summed E-state index contributed by atoms with van der Waals surface area (Å²) in [6.07, 6.45) is 0.984. The zero-order chi connectivity index (χ0) is 18.9. The average molecular weight is 360 g/mol. The molecule has 2 aromatic carbocycles. The van der Waals surface area contributed by atoms with Crippen LogP contribution in [-0.4, -0.2) is 36.3 Å². The van der Waals surface area contributed by atoms with Crippen molar-refractivity contribution in [2.75, 3.05) is 13.2 Å². The number of aliphatic hydroxyl groups excluding tert-OH is 1. The Balaban J connectivity index is 1.66. The van der Waals surface area contributed by atoms with Crippen molar-refractivity contribution in [1.82, 2.24) is 5.32 Å². The second kappa shape index (κ2) is 9.89. The van der Waals surface area contributed by atoms with Crippen LogP contribution < -0.4 is 15.8 Å². The van der Waals surface area contributed by atoms with Crippen LogP contribution in [0.5, 0.6) is 5.75 Å². The van der Waals surface area contributed by atoms with Gasteiger partial charge in [-0.05, 0) is 49.6 Å². The van der Waals surface area contributed by atoms with E-state index in [2.05, 4.69) is 5.32 Å². The van der Waals surface area contributed by atoms with E-state index in [-0.39, 0.29) is 18.4 Å². The van der Waals surface area contributed by atoms with Gasteiger partial charge in [-0.1, -0.05) is 24.3 Å². The minimum atomic E-state index is -0.730. The van der Waals surface area contributed by atoms with Crippen molar-refractivity contribution in [1.29, 1.82) is 0 Å². The number of amides is 1. The Labute approximate surface area is 153 Å².